The molecule has 0 radical (unpaired) electrons. The fourth-order valence-corrected chi connectivity index (χ4v) is 0.745. The molecule has 2 heteroatoms. The van der Waals surface area contributed by atoms with Crippen molar-refractivity contribution in [1.29, 1.82) is 0 Å². The van der Waals surface area contributed by atoms with Gasteiger partial charge in [0.1, 0.15) is 0 Å². The Hall–Kier alpha value is -1.31. The Kier molecular flexibility index (Phi) is 1.71. The van der Waals surface area contributed by atoms with Gasteiger partial charge in [0.15, 0.2) is 0 Å². The van der Waals surface area contributed by atoms with Crippen LogP contribution in [0.4, 0.5) is 0 Å². The fraction of sp³-hybridized carbons (Fsp3) is 0.125. The van der Waals surface area contributed by atoms with Crippen molar-refractivity contribution in [2.45, 2.75) is 6.92 Å². The molecular formula is C8H10N2. The SMILES string of the molecule is C=C(N)c1ccnc(C)c1. The Bertz CT molecular complexity index is 253. The highest BCUT2D eigenvalue weighted by atomic mass is 14.7. The minimum absolute atomic E-state index is 0.588. The largest absolute Gasteiger partial charge is 0.399 e. The molecule has 2 nitrogen and oxygen atoms in total. The summed E-state index contributed by atoms with van der Waals surface area (Å²) in [6, 6.07) is 3.75. The maximum Gasteiger partial charge on any atom is 0.0379 e. The normalized spacial score (nSPS) is 9.30. The van der Waals surface area contributed by atoms with Crippen molar-refractivity contribution < 1.29 is 0 Å². The maximum atomic E-state index is 5.46. The van der Waals surface area contributed by atoms with Crippen molar-refractivity contribution in [2.75, 3.05) is 0 Å². The molecule has 1 rings (SSSR count). The monoisotopic (exact) mass is 134 g/mol. The van der Waals surface area contributed by atoms with Crippen LogP contribution in [0, 0.1) is 6.92 Å². The third kappa shape index (κ3) is 1.35. The lowest BCUT2D eigenvalue weighted by Crippen LogP contribution is -1.94. The van der Waals surface area contributed by atoms with E-state index in [9.17, 15) is 0 Å². The van der Waals surface area contributed by atoms with Crippen LogP contribution in [-0.2, 0) is 0 Å². The molecule has 0 amide bonds. The highest BCUT2D eigenvalue weighted by molar-refractivity contribution is 5.59. The zero-order valence-corrected chi connectivity index (χ0v) is 5.96. The smallest absolute Gasteiger partial charge is 0.0379 e. The molecule has 0 saturated heterocycles. The van der Waals surface area contributed by atoms with Crippen LogP contribution in [0.5, 0.6) is 0 Å². The van der Waals surface area contributed by atoms with Crippen molar-refractivity contribution in [3.8, 4) is 0 Å². The molecule has 52 valence electrons. The molecule has 0 saturated carbocycles. The molecule has 0 fully saturated rings. The van der Waals surface area contributed by atoms with Crippen LogP contribution in [0.25, 0.3) is 5.70 Å². The van der Waals surface area contributed by atoms with E-state index >= 15 is 0 Å². The Morgan fingerprint density at radius 3 is 2.80 bits per heavy atom. The number of pyridine rings is 1. The Morgan fingerprint density at radius 1 is 1.70 bits per heavy atom. The molecule has 0 aliphatic carbocycles. The zero-order chi connectivity index (χ0) is 7.56. The summed E-state index contributed by atoms with van der Waals surface area (Å²) in [4.78, 5) is 4.03. The first-order chi connectivity index (χ1) is 4.70. The van der Waals surface area contributed by atoms with Gasteiger partial charge >= 0.3 is 0 Å². The van der Waals surface area contributed by atoms with E-state index in [1.807, 2.05) is 19.1 Å². The van der Waals surface area contributed by atoms with Gasteiger partial charge in [-0.2, -0.15) is 0 Å². The predicted octanol–water partition coefficient (Wildman–Crippen LogP) is 1.32. The van der Waals surface area contributed by atoms with Crippen LogP contribution in [-0.4, -0.2) is 4.98 Å². The Morgan fingerprint density at radius 2 is 2.40 bits per heavy atom. The van der Waals surface area contributed by atoms with Crippen LogP contribution >= 0.6 is 0 Å². The second kappa shape index (κ2) is 2.52. The summed E-state index contributed by atoms with van der Waals surface area (Å²) in [7, 11) is 0. The Balaban J connectivity index is 3.07. The number of rotatable bonds is 1. The molecule has 1 heterocycles. The van der Waals surface area contributed by atoms with Crippen LogP contribution in [0.1, 0.15) is 11.3 Å². The van der Waals surface area contributed by atoms with Crippen LogP contribution in [0.15, 0.2) is 24.9 Å². The van der Waals surface area contributed by atoms with E-state index in [1.165, 1.54) is 0 Å². The number of nitrogens with zero attached hydrogens (tertiary/aromatic N) is 1. The van der Waals surface area contributed by atoms with E-state index in [0.29, 0.717) is 5.70 Å². The molecule has 2 N–H and O–H groups in total. The molecule has 10 heavy (non-hydrogen) atoms. The summed E-state index contributed by atoms with van der Waals surface area (Å²) in [6.45, 7) is 5.54. The van der Waals surface area contributed by atoms with Gasteiger partial charge in [-0.25, -0.2) is 0 Å². The lowest BCUT2D eigenvalue weighted by atomic mass is 10.2. The van der Waals surface area contributed by atoms with Crippen LogP contribution < -0.4 is 5.73 Å². The molecule has 0 unspecified atom stereocenters. The van der Waals surface area contributed by atoms with Crippen molar-refractivity contribution in [3.05, 3.63) is 36.2 Å². The minimum Gasteiger partial charge on any atom is -0.399 e. The van der Waals surface area contributed by atoms with Crippen molar-refractivity contribution in [3.63, 3.8) is 0 Å². The summed E-state index contributed by atoms with van der Waals surface area (Å²) in [5.74, 6) is 0. The van der Waals surface area contributed by atoms with Gasteiger partial charge in [-0.15, -0.1) is 0 Å². The molecule has 0 aliphatic heterocycles. The number of nitrogens with two attached hydrogens (primary N) is 1. The maximum absolute atomic E-state index is 5.46. The summed E-state index contributed by atoms with van der Waals surface area (Å²) >= 11 is 0. The van der Waals surface area contributed by atoms with E-state index in [1.54, 1.807) is 6.20 Å². The van der Waals surface area contributed by atoms with E-state index in [-0.39, 0.29) is 0 Å². The van der Waals surface area contributed by atoms with Gasteiger partial charge in [0, 0.05) is 23.2 Å². The fourth-order valence-electron chi connectivity index (χ4n) is 0.745. The molecule has 0 aromatic carbocycles. The second-order valence-corrected chi connectivity index (χ2v) is 2.21. The quantitative estimate of drug-likeness (QED) is 0.629. The first-order valence-electron chi connectivity index (χ1n) is 3.07. The minimum atomic E-state index is 0.588. The highest BCUT2D eigenvalue weighted by Gasteiger charge is 1.92. The molecule has 0 spiro atoms. The third-order valence-corrected chi connectivity index (χ3v) is 1.27. The van der Waals surface area contributed by atoms with Gasteiger partial charge < -0.3 is 5.73 Å². The zero-order valence-electron chi connectivity index (χ0n) is 5.96. The van der Waals surface area contributed by atoms with Gasteiger partial charge in [-0.05, 0) is 19.1 Å². The molecule has 0 atom stereocenters. The number of hydrogen-bond acceptors (Lipinski definition) is 2. The first-order valence-corrected chi connectivity index (χ1v) is 3.07. The number of aromatic nitrogens is 1. The molecule has 1 aromatic rings. The summed E-state index contributed by atoms with van der Waals surface area (Å²) < 4.78 is 0. The molecule has 1 aromatic heterocycles. The van der Waals surface area contributed by atoms with E-state index < -0.39 is 0 Å². The summed E-state index contributed by atoms with van der Waals surface area (Å²) in [6.07, 6.45) is 1.72. The highest BCUT2D eigenvalue weighted by Crippen LogP contribution is 2.05. The van der Waals surface area contributed by atoms with E-state index in [2.05, 4.69) is 11.6 Å². The van der Waals surface area contributed by atoms with Gasteiger partial charge in [0.25, 0.3) is 0 Å². The lowest BCUT2D eigenvalue weighted by molar-refractivity contribution is 1.19. The summed E-state index contributed by atoms with van der Waals surface area (Å²) in [5, 5.41) is 0. The average Bonchev–Trinajstić information content (AvgIpc) is 1.88. The predicted molar refractivity (Wildman–Crippen MR) is 42.2 cm³/mol. The van der Waals surface area contributed by atoms with Gasteiger partial charge in [0.2, 0.25) is 0 Å². The number of aryl methyl sites for hydroxylation is 1. The van der Waals surface area contributed by atoms with E-state index in [4.69, 9.17) is 5.73 Å². The lowest BCUT2D eigenvalue weighted by Gasteiger charge is -1.98. The molecule has 0 bridgehead atoms. The topological polar surface area (TPSA) is 38.9 Å². The Labute approximate surface area is 60.4 Å². The van der Waals surface area contributed by atoms with Gasteiger partial charge in [-0.3, -0.25) is 4.98 Å². The van der Waals surface area contributed by atoms with Gasteiger partial charge in [-0.1, -0.05) is 6.58 Å². The van der Waals surface area contributed by atoms with Crippen LogP contribution in [0.2, 0.25) is 0 Å². The molecule has 0 aliphatic rings. The van der Waals surface area contributed by atoms with Crippen molar-refractivity contribution >= 4 is 5.70 Å². The first kappa shape index (κ1) is 6.81. The summed E-state index contributed by atoms with van der Waals surface area (Å²) in [5.41, 5.74) is 7.96. The van der Waals surface area contributed by atoms with Crippen molar-refractivity contribution in [1.82, 2.24) is 4.98 Å². The van der Waals surface area contributed by atoms with Crippen molar-refractivity contribution in [2.24, 2.45) is 5.73 Å². The molecular weight excluding hydrogens is 124 g/mol. The van der Waals surface area contributed by atoms with Gasteiger partial charge in [0.05, 0.1) is 0 Å². The number of hydrogen-bond donors (Lipinski definition) is 1. The average molecular weight is 134 g/mol. The van der Waals surface area contributed by atoms with E-state index in [0.717, 1.165) is 11.3 Å². The third-order valence-electron chi connectivity index (χ3n) is 1.27. The standard InChI is InChI=1S/C8H10N2/c1-6-5-8(7(2)9)3-4-10-6/h3-5H,2,9H2,1H3. The second-order valence-electron chi connectivity index (χ2n) is 2.21. The van der Waals surface area contributed by atoms with Crippen LogP contribution in [0.3, 0.4) is 0 Å².